The van der Waals surface area contributed by atoms with Gasteiger partial charge in [0.2, 0.25) is 21.8 Å². The van der Waals surface area contributed by atoms with Crippen molar-refractivity contribution in [2.24, 2.45) is 0 Å². The van der Waals surface area contributed by atoms with Gasteiger partial charge in [-0.05, 0) is 51.8 Å². The Morgan fingerprint density at radius 1 is 0.970 bits per heavy atom. The van der Waals surface area contributed by atoms with Crippen molar-refractivity contribution in [3.63, 3.8) is 0 Å². The van der Waals surface area contributed by atoms with Crippen molar-refractivity contribution in [1.29, 1.82) is 0 Å². The number of para-hydroxylation sites is 1. The monoisotopic (exact) mass is 473 g/mol. The molecule has 0 aliphatic heterocycles. The van der Waals surface area contributed by atoms with Crippen LogP contribution < -0.4 is 9.62 Å². The van der Waals surface area contributed by atoms with Crippen molar-refractivity contribution in [2.45, 2.75) is 58.7 Å². The molecule has 0 heterocycles. The van der Waals surface area contributed by atoms with Gasteiger partial charge >= 0.3 is 0 Å². The lowest BCUT2D eigenvalue weighted by molar-refractivity contribution is -0.141. The average molecular weight is 474 g/mol. The van der Waals surface area contributed by atoms with Gasteiger partial charge in [0.25, 0.3) is 0 Å². The molecule has 2 amide bonds. The summed E-state index contributed by atoms with van der Waals surface area (Å²) >= 11 is 0. The summed E-state index contributed by atoms with van der Waals surface area (Å²) < 4.78 is 25.9. The number of anilines is 1. The van der Waals surface area contributed by atoms with Crippen LogP contribution in [0.2, 0.25) is 0 Å². The van der Waals surface area contributed by atoms with Gasteiger partial charge in [-0.15, -0.1) is 0 Å². The molecule has 0 aliphatic carbocycles. The lowest BCUT2D eigenvalue weighted by Crippen LogP contribution is -2.52. The minimum absolute atomic E-state index is 0.124. The van der Waals surface area contributed by atoms with E-state index in [4.69, 9.17) is 0 Å². The minimum Gasteiger partial charge on any atom is -0.350 e. The zero-order valence-electron chi connectivity index (χ0n) is 20.1. The van der Waals surface area contributed by atoms with E-state index in [1.807, 2.05) is 57.2 Å². The second-order valence-electron chi connectivity index (χ2n) is 9.20. The number of hydrogen-bond donors (Lipinski definition) is 1. The van der Waals surface area contributed by atoms with Gasteiger partial charge in [0, 0.05) is 25.0 Å². The number of sulfonamides is 1. The number of rotatable bonds is 10. The zero-order chi connectivity index (χ0) is 24.6. The molecule has 0 aliphatic rings. The number of nitrogens with one attached hydrogen (secondary N) is 1. The van der Waals surface area contributed by atoms with Crippen LogP contribution >= 0.6 is 0 Å². The molecule has 0 unspecified atom stereocenters. The van der Waals surface area contributed by atoms with Gasteiger partial charge in [-0.25, -0.2) is 8.42 Å². The first-order valence-electron chi connectivity index (χ1n) is 11.1. The second-order valence-corrected chi connectivity index (χ2v) is 11.1. The lowest BCUT2D eigenvalue weighted by atomic mass is 10.1. The fraction of sp³-hybridized carbons (Fsp3) is 0.440. The van der Waals surface area contributed by atoms with Crippen LogP contribution in [-0.2, 0) is 26.2 Å². The van der Waals surface area contributed by atoms with Crippen molar-refractivity contribution < 1.29 is 18.0 Å². The predicted octanol–water partition coefficient (Wildman–Crippen LogP) is 3.56. The Morgan fingerprint density at radius 2 is 1.52 bits per heavy atom. The summed E-state index contributed by atoms with van der Waals surface area (Å²) in [6.07, 6.45) is 1.61. The molecule has 2 aromatic rings. The lowest BCUT2D eigenvalue weighted by Gasteiger charge is -2.32. The van der Waals surface area contributed by atoms with E-state index in [-0.39, 0.29) is 24.8 Å². The molecule has 2 aromatic carbocycles. The molecular formula is C25H35N3O4S. The van der Waals surface area contributed by atoms with Gasteiger partial charge < -0.3 is 10.2 Å². The smallest absolute Gasteiger partial charge is 0.242 e. The van der Waals surface area contributed by atoms with Crippen LogP contribution in [0, 0.1) is 0 Å². The SMILES string of the molecule is C[C@H](C(=O)NC(C)(C)C)N(Cc1ccccc1)C(=O)CCCN(c1ccccc1)S(C)(=O)=O. The maximum atomic E-state index is 13.2. The Balaban J connectivity index is 2.14. The van der Waals surface area contributed by atoms with Crippen molar-refractivity contribution in [3.05, 3.63) is 66.2 Å². The van der Waals surface area contributed by atoms with Gasteiger partial charge in [-0.1, -0.05) is 48.5 Å². The van der Waals surface area contributed by atoms with Crippen molar-refractivity contribution in [1.82, 2.24) is 10.2 Å². The number of carbonyl (C=O) groups is 2. The Labute approximate surface area is 197 Å². The Bertz CT molecular complexity index is 1020. The van der Waals surface area contributed by atoms with Gasteiger partial charge in [0.05, 0.1) is 11.9 Å². The van der Waals surface area contributed by atoms with Crippen LogP contribution in [0.3, 0.4) is 0 Å². The molecule has 2 rings (SSSR count). The first-order valence-corrected chi connectivity index (χ1v) is 12.9. The Kier molecular flexibility index (Phi) is 9.05. The van der Waals surface area contributed by atoms with Crippen LogP contribution in [0.15, 0.2) is 60.7 Å². The van der Waals surface area contributed by atoms with E-state index in [1.165, 1.54) is 4.31 Å². The van der Waals surface area contributed by atoms with Crippen LogP contribution in [0.25, 0.3) is 0 Å². The molecule has 180 valence electrons. The summed E-state index contributed by atoms with van der Waals surface area (Å²) in [5, 5.41) is 2.94. The van der Waals surface area contributed by atoms with Crippen LogP contribution in [-0.4, -0.2) is 49.5 Å². The molecule has 1 N–H and O–H groups in total. The Morgan fingerprint density at radius 3 is 2.03 bits per heavy atom. The normalized spacial score (nSPS) is 12.6. The van der Waals surface area contributed by atoms with Crippen LogP contribution in [0.4, 0.5) is 5.69 Å². The summed E-state index contributed by atoms with van der Waals surface area (Å²) in [5.74, 6) is -0.425. The van der Waals surface area contributed by atoms with Gasteiger partial charge in [-0.2, -0.15) is 0 Å². The number of hydrogen-bond acceptors (Lipinski definition) is 4. The highest BCUT2D eigenvalue weighted by atomic mass is 32.2. The third kappa shape index (κ3) is 8.53. The quantitative estimate of drug-likeness (QED) is 0.572. The number of carbonyl (C=O) groups excluding carboxylic acids is 2. The Hall–Kier alpha value is -2.87. The topological polar surface area (TPSA) is 86.8 Å². The maximum absolute atomic E-state index is 13.2. The molecule has 0 bridgehead atoms. The average Bonchev–Trinajstić information content (AvgIpc) is 2.73. The number of benzene rings is 2. The van der Waals surface area contributed by atoms with E-state index in [1.54, 1.807) is 36.1 Å². The fourth-order valence-electron chi connectivity index (χ4n) is 3.43. The number of amides is 2. The van der Waals surface area contributed by atoms with E-state index >= 15 is 0 Å². The zero-order valence-corrected chi connectivity index (χ0v) is 20.9. The summed E-state index contributed by atoms with van der Waals surface area (Å²) in [4.78, 5) is 27.6. The standard InChI is InChI=1S/C25H35N3O4S/c1-20(24(30)26-25(2,3)4)27(19-21-13-8-6-9-14-21)23(29)17-12-18-28(33(5,31)32)22-15-10-7-11-16-22/h6-11,13-16,20H,12,17-19H2,1-5H3,(H,26,30)/t20-/m1/s1. The van der Waals surface area contributed by atoms with Gasteiger partial charge in [0.1, 0.15) is 6.04 Å². The van der Waals surface area contributed by atoms with E-state index in [9.17, 15) is 18.0 Å². The highest BCUT2D eigenvalue weighted by Gasteiger charge is 2.28. The van der Waals surface area contributed by atoms with Crippen LogP contribution in [0.1, 0.15) is 46.1 Å². The molecule has 33 heavy (non-hydrogen) atoms. The molecule has 1 atom stereocenters. The summed E-state index contributed by atoms with van der Waals surface area (Å²) in [5.41, 5.74) is 1.06. The third-order valence-corrected chi connectivity index (χ3v) is 6.25. The molecule has 0 saturated carbocycles. The van der Waals surface area contributed by atoms with Gasteiger partial charge in [-0.3, -0.25) is 13.9 Å². The fourth-order valence-corrected chi connectivity index (χ4v) is 4.40. The predicted molar refractivity (Wildman–Crippen MR) is 132 cm³/mol. The molecule has 0 spiro atoms. The second kappa shape index (κ2) is 11.3. The highest BCUT2D eigenvalue weighted by molar-refractivity contribution is 7.92. The van der Waals surface area contributed by atoms with Crippen molar-refractivity contribution in [2.75, 3.05) is 17.1 Å². The van der Waals surface area contributed by atoms with E-state index in [0.717, 1.165) is 11.8 Å². The summed E-state index contributed by atoms with van der Waals surface area (Å²) in [6, 6.07) is 17.7. The molecule has 8 heteroatoms. The first-order chi connectivity index (χ1) is 15.4. The first kappa shape index (κ1) is 26.4. The summed E-state index contributed by atoms with van der Waals surface area (Å²) in [6.45, 7) is 7.87. The third-order valence-electron chi connectivity index (χ3n) is 5.06. The molecule has 0 radical (unpaired) electrons. The van der Waals surface area contributed by atoms with Crippen molar-refractivity contribution >= 4 is 27.5 Å². The van der Waals surface area contributed by atoms with E-state index < -0.39 is 21.6 Å². The largest absolute Gasteiger partial charge is 0.350 e. The maximum Gasteiger partial charge on any atom is 0.242 e. The van der Waals surface area contributed by atoms with E-state index in [0.29, 0.717) is 18.7 Å². The summed E-state index contributed by atoms with van der Waals surface area (Å²) in [7, 11) is -3.49. The van der Waals surface area contributed by atoms with E-state index in [2.05, 4.69) is 5.32 Å². The van der Waals surface area contributed by atoms with Gasteiger partial charge in [0.15, 0.2) is 0 Å². The minimum atomic E-state index is -3.49. The molecule has 0 saturated heterocycles. The molecule has 7 nitrogen and oxygen atoms in total. The van der Waals surface area contributed by atoms with Crippen molar-refractivity contribution in [3.8, 4) is 0 Å². The van der Waals surface area contributed by atoms with Crippen LogP contribution in [0.5, 0.6) is 0 Å². The molecule has 0 aromatic heterocycles. The molecule has 0 fully saturated rings. The number of nitrogens with zero attached hydrogens (tertiary/aromatic N) is 2. The molecular weight excluding hydrogens is 438 g/mol. The highest BCUT2D eigenvalue weighted by Crippen LogP contribution is 2.18.